The first-order valence-corrected chi connectivity index (χ1v) is 5.19. The van der Waals surface area contributed by atoms with E-state index < -0.39 is 0 Å². The minimum atomic E-state index is 0.0568. The van der Waals surface area contributed by atoms with Crippen LogP contribution >= 0.6 is 0 Å². The molecular weight excluding hydrogens is 190 g/mol. The van der Waals surface area contributed by atoms with Gasteiger partial charge < -0.3 is 15.2 Å². The summed E-state index contributed by atoms with van der Waals surface area (Å²) < 4.78 is 5.23. The van der Waals surface area contributed by atoms with Crippen molar-refractivity contribution in [3.63, 3.8) is 0 Å². The van der Waals surface area contributed by atoms with Crippen LogP contribution in [-0.2, 0) is 0 Å². The van der Waals surface area contributed by atoms with Gasteiger partial charge in [-0.1, -0.05) is 26.0 Å². The fourth-order valence-electron chi connectivity index (χ4n) is 1.39. The molecule has 0 aliphatic carbocycles. The highest BCUT2D eigenvalue weighted by molar-refractivity contribution is 5.56. The molecule has 15 heavy (non-hydrogen) atoms. The lowest BCUT2D eigenvalue weighted by Gasteiger charge is -2.22. The maximum Gasteiger partial charge on any atom is 0.141 e. The molecule has 0 spiro atoms. The van der Waals surface area contributed by atoms with Gasteiger partial charge in [-0.2, -0.15) is 0 Å². The van der Waals surface area contributed by atoms with Crippen molar-refractivity contribution in [1.29, 1.82) is 0 Å². The summed E-state index contributed by atoms with van der Waals surface area (Å²) in [5, 5.41) is 12.5. The summed E-state index contributed by atoms with van der Waals surface area (Å²) in [5.74, 6) is 1.18. The van der Waals surface area contributed by atoms with Crippen LogP contribution in [-0.4, -0.2) is 24.9 Å². The van der Waals surface area contributed by atoms with E-state index >= 15 is 0 Å². The SMILES string of the molecule is COc1ccccc1NC(CO)C(C)C. The van der Waals surface area contributed by atoms with Gasteiger partial charge in [0.2, 0.25) is 0 Å². The van der Waals surface area contributed by atoms with Gasteiger partial charge in [0.25, 0.3) is 0 Å². The first kappa shape index (κ1) is 11.9. The highest BCUT2D eigenvalue weighted by Gasteiger charge is 2.13. The van der Waals surface area contributed by atoms with Crippen molar-refractivity contribution >= 4 is 5.69 Å². The van der Waals surface area contributed by atoms with Gasteiger partial charge in [-0.3, -0.25) is 0 Å². The molecule has 0 saturated carbocycles. The van der Waals surface area contributed by atoms with Crippen molar-refractivity contribution in [3.8, 4) is 5.75 Å². The summed E-state index contributed by atoms with van der Waals surface area (Å²) in [4.78, 5) is 0. The number of ether oxygens (including phenoxy) is 1. The van der Waals surface area contributed by atoms with E-state index in [1.165, 1.54) is 0 Å². The van der Waals surface area contributed by atoms with Crippen LogP contribution in [0.2, 0.25) is 0 Å². The Bertz CT molecular complexity index is 299. The molecule has 1 atom stereocenters. The number of hydrogen-bond acceptors (Lipinski definition) is 3. The Balaban J connectivity index is 2.78. The van der Waals surface area contributed by atoms with E-state index in [0.29, 0.717) is 5.92 Å². The predicted molar refractivity (Wildman–Crippen MR) is 62.3 cm³/mol. The van der Waals surface area contributed by atoms with Crippen molar-refractivity contribution in [1.82, 2.24) is 0 Å². The molecule has 0 aliphatic heterocycles. The number of aliphatic hydroxyl groups excluding tert-OH is 1. The molecule has 1 rings (SSSR count). The molecule has 1 aromatic rings. The minimum Gasteiger partial charge on any atom is -0.495 e. The van der Waals surface area contributed by atoms with E-state index in [4.69, 9.17) is 4.74 Å². The summed E-state index contributed by atoms with van der Waals surface area (Å²) in [7, 11) is 1.64. The molecule has 1 aromatic carbocycles. The number of rotatable bonds is 5. The molecule has 3 nitrogen and oxygen atoms in total. The van der Waals surface area contributed by atoms with Gasteiger partial charge in [0, 0.05) is 0 Å². The second-order valence-corrected chi connectivity index (χ2v) is 3.88. The first-order chi connectivity index (χ1) is 7.19. The van der Waals surface area contributed by atoms with Gasteiger partial charge in [-0.15, -0.1) is 0 Å². The quantitative estimate of drug-likeness (QED) is 0.780. The number of benzene rings is 1. The van der Waals surface area contributed by atoms with Gasteiger partial charge >= 0.3 is 0 Å². The zero-order valence-electron chi connectivity index (χ0n) is 9.53. The van der Waals surface area contributed by atoms with E-state index in [1.54, 1.807) is 7.11 Å². The summed E-state index contributed by atoms with van der Waals surface area (Å²) in [6, 6.07) is 7.77. The lowest BCUT2D eigenvalue weighted by Crippen LogP contribution is -2.29. The van der Waals surface area contributed by atoms with E-state index in [-0.39, 0.29) is 12.6 Å². The average molecular weight is 209 g/mol. The molecule has 84 valence electrons. The molecule has 0 saturated heterocycles. The third-order valence-electron chi connectivity index (χ3n) is 2.45. The molecule has 2 N–H and O–H groups in total. The predicted octanol–water partition coefficient (Wildman–Crippen LogP) is 2.12. The standard InChI is InChI=1S/C12H19NO2/c1-9(2)11(8-14)13-10-6-4-5-7-12(10)15-3/h4-7,9,11,13-14H,8H2,1-3H3. The Morgan fingerprint density at radius 3 is 2.53 bits per heavy atom. The molecule has 0 bridgehead atoms. The van der Waals surface area contributed by atoms with E-state index in [9.17, 15) is 5.11 Å². The second-order valence-electron chi connectivity index (χ2n) is 3.88. The number of aliphatic hydroxyl groups is 1. The van der Waals surface area contributed by atoms with Gasteiger partial charge in [-0.05, 0) is 18.1 Å². The Morgan fingerprint density at radius 1 is 1.33 bits per heavy atom. The smallest absolute Gasteiger partial charge is 0.141 e. The molecule has 0 radical (unpaired) electrons. The van der Waals surface area contributed by atoms with E-state index in [1.807, 2.05) is 24.3 Å². The van der Waals surface area contributed by atoms with Crippen LogP contribution < -0.4 is 10.1 Å². The minimum absolute atomic E-state index is 0.0568. The van der Waals surface area contributed by atoms with Crippen molar-refractivity contribution in [3.05, 3.63) is 24.3 Å². The van der Waals surface area contributed by atoms with Crippen molar-refractivity contribution < 1.29 is 9.84 Å². The van der Waals surface area contributed by atoms with E-state index in [0.717, 1.165) is 11.4 Å². The number of nitrogens with one attached hydrogen (secondary N) is 1. The molecule has 0 aromatic heterocycles. The Kier molecular flexibility index (Phi) is 4.43. The third-order valence-corrected chi connectivity index (χ3v) is 2.45. The largest absolute Gasteiger partial charge is 0.495 e. The maximum absolute atomic E-state index is 9.22. The van der Waals surface area contributed by atoms with Crippen LogP contribution in [0.5, 0.6) is 5.75 Å². The second kappa shape index (κ2) is 5.61. The number of hydrogen-bond donors (Lipinski definition) is 2. The Labute approximate surface area is 91.1 Å². The highest BCUT2D eigenvalue weighted by atomic mass is 16.5. The lowest BCUT2D eigenvalue weighted by molar-refractivity contribution is 0.249. The first-order valence-electron chi connectivity index (χ1n) is 5.19. The van der Waals surface area contributed by atoms with Crippen LogP contribution in [0.25, 0.3) is 0 Å². The van der Waals surface area contributed by atoms with Crippen LogP contribution in [0.1, 0.15) is 13.8 Å². The number of para-hydroxylation sites is 2. The number of anilines is 1. The lowest BCUT2D eigenvalue weighted by atomic mass is 10.1. The zero-order chi connectivity index (χ0) is 11.3. The zero-order valence-corrected chi connectivity index (χ0v) is 9.53. The van der Waals surface area contributed by atoms with Crippen LogP contribution in [0.4, 0.5) is 5.69 Å². The molecule has 0 amide bonds. The van der Waals surface area contributed by atoms with Crippen molar-refractivity contribution in [2.24, 2.45) is 5.92 Å². The summed E-state index contributed by atoms with van der Waals surface area (Å²) in [5.41, 5.74) is 0.924. The van der Waals surface area contributed by atoms with Crippen LogP contribution in [0.15, 0.2) is 24.3 Å². The molecule has 0 aliphatic rings. The van der Waals surface area contributed by atoms with Crippen LogP contribution in [0.3, 0.4) is 0 Å². The summed E-state index contributed by atoms with van der Waals surface area (Å²) in [6.45, 7) is 4.27. The van der Waals surface area contributed by atoms with Crippen molar-refractivity contribution in [2.45, 2.75) is 19.9 Å². The fraction of sp³-hybridized carbons (Fsp3) is 0.500. The monoisotopic (exact) mass is 209 g/mol. The normalized spacial score (nSPS) is 12.6. The maximum atomic E-state index is 9.22. The average Bonchev–Trinajstić information content (AvgIpc) is 2.25. The third kappa shape index (κ3) is 3.13. The van der Waals surface area contributed by atoms with Gasteiger partial charge in [0.05, 0.1) is 25.4 Å². The van der Waals surface area contributed by atoms with E-state index in [2.05, 4.69) is 19.2 Å². The van der Waals surface area contributed by atoms with Crippen molar-refractivity contribution in [2.75, 3.05) is 19.0 Å². The molecule has 1 unspecified atom stereocenters. The van der Waals surface area contributed by atoms with Gasteiger partial charge in [-0.25, -0.2) is 0 Å². The molecule has 0 heterocycles. The van der Waals surface area contributed by atoms with Gasteiger partial charge in [0.1, 0.15) is 5.75 Å². The number of methoxy groups -OCH3 is 1. The molecular formula is C12H19NO2. The Morgan fingerprint density at radius 2 is 2.00 bits per heavy atom. The summed E-state index contributed by atoms with van der Waals surface area (Å²) >= 11 is 0. The van der Waals surface area contributed by atoms with Gasteiger partial charge in [0.15, 0.2) is 0 Å². The molecule has 3 heteroatoms. The topological polar surface area (TPSA) is 41.5 Å². The molecule has 0 fully saturated rings. The van der Waals surface area contributed by atoms with Crippen LogP contribution in [0, 0.1) is 5.92 Å². The fourth-order valence-corrected chi connectivity index (χ4v) is 1.39. The Hall–Kier alpha value is -1.22. The summed E-state index contributed by atoms with van der Waals surface area (Å²) in [6.07, 6.45) is 0. The highest BCUT2D eigenvalue weighted by Crippen LogP contribution is 2.24.